The molecule has 0 aliphatic carbocycles. The third kappa shape index (κ3) is 7.90. The molecule has 0 aromatic heterocycles. The molecule has 0 fully saturated rings. The Morgan fingerprint density at radius 3 is 2.32 bits per heavy atom. The summed E-state index contributed by atoms with van der Waals surface area (Å²) in [6.07, 6.45) is 0.260. The van der Waals surface area contributed by atoms with Crippen LogP contribution in [-0.4, -0.2) is 23.9 Å². The highest BCUT2D eigenvalue weighted by Crippen LogP contribution is 2.28. The standard InChI is InChI=1S/C19H18F3NO5/c1-4-27-18(24)12-5-13(2)17(11-6-14(3)23(25)26)15-7-9-16(10-8-15)28-19(20,21)22/h5-12H,2,4H2,1,3H3/b12-5+,14-6+,17-11+. The van der Waals surface area contributed by atoms with E-state index in [2.05, 4.69) is 11.3 Å². The summed E-state index contributed by atoms with van der Waals surface area (Å²) in [5, 5.41) is 10.8. The zero-order valence-corrected chi connectivity index (χ0v) is 15.2. The molecule has 1 aromatic rings. The molecule has 0 radical (unpaired) electrons. The van der Waals surface area contributed by atoms with Crippen LogP contribution in [0.5, 0.6) is 5.75 Å². The monoisotopic (exact) mass is 397 g/mol. The molecule has 0 aliphatic heterocycles. The number of nitrogens with zero attached hydrogens (tertiary/aromatic N) is 1. The van der Waals surface area contributed by atoms with Crippen LogP contribution in [0.1, 0.15) is 19.4 Å². The number of carbonyl (C=O) groups is 1. The number of alkyl halides is 3. The van der Waals surface area contributed by atoms with Gasteiger partial charge in [0.2, 0.25) is 5.70 Å². The Hall–Kier alpha value is -3.36. The van der Waals surface area contributed by atoms with Crippen LogP contribution in [0.2, 0.25) is 0 Å². The quantitative estimate of drug-likeness (QED) is 0.207. The van der Waals surface area contributed by atoms with Crippen LogP contribution in [0.4, 0.5) is 13.2 Å². The van der Waals surface area contributed by atoms with E-state index in [1.165, 1.54) is 37.3 Å². The van der Waals surface area contributed by atoms with Crippen molar-refractivity contribution < 1.29 is 32.4 Å². The molecule has 28 heavy (non-hydrogen) atoms. The fourth-order valence-electron chi connectivity index (χ4n) is 1.94. The van der Waals surface area contributed by atoms with E-state index in [4.69, 9.17) is 4.74 Å². The number of hydrogen-bond acceptors (Lipinski definition) is 5. The van der Waals surface area contributed by atoms with Crippen molar-refractivity contribution in [3.63, 3.8) is 0 Å². The Morgan fingerprint density at radius 1 is 1.21 bits per heavy atom. The lowest BCUT2D eigenvalue weighted by Gasteiger charge is -2.11. The predicted octanol–water partition coefficient (Wildman–Crippen LogP) is 4.82. The Morgan fingerprint density at radius 2 is 1.82 bits per heavy atom. The lowest BCUT2D eigenvalue weighted by Crippen LogP contribution is -2.17. The number of nitro groups is 1. The number of carbonyl (C=O) groups excluding carboxylic acids is 1. The summed E-state index contributed by atoms with van der Waals surface area (Å²) in [4.78, 5) is 21.6. The molecular weight excluding hydrogens is 379 g/mol. The summed E-state index contributed by atoms with van der Waals surface area (Å²) < 4.78 is 45.4. The third-order valence-corrected chi connectivity index (χ3v) is 3.23. The van der Waals surface area contributed by atoms with Crippen LogP contribution >= 0.6 is 0 Å². The third-order valence-electron chi connectivity index (χ3n) is 3.23. The highest BCUT2D eigenvalue weighted by atomic mass is 19.4. The molecule has 0 atom stereocenters. The van der Waals surface area contributed by atoms with Crippen molar-refractivity contribution in [3.05, 3.63) is 82.1 Å². The van der Waals surface area contributed by atoms with Gasteiger partial charge in [-0.05, 0) is 47.9 Å². The van der Waals surface area contributed by atoms with Gasteiger partial charge in [0, 0.05) is 19.1 Å². The zero-order valence-electron chi connectivity index (χ0n) is 15.2. The van der Waals surface area contributed by atoms with Crippen molar-refractivity contribution in [1.29, 1.82) is 0 Å². The van der Waals surface area contributed by atoms with E-state index >= 15 is 0 Å². The molecule has 150 valence electrons. The lowest BCUT2D eigenvalue weighted by molar-refractivity contribution is -0.424. The van der Waals surface area contributed by atoms with E-state index in [9.17, 15) is 28.1 Å². The maximum Gasteiger partial charge on any atom is 0.573 e. The van der Waals surface area contributed by atoms with E-state index < -0.39 is 23.0 Å². The van der Waals surface area contributed by atoms with Crippen molar-refractivity contribution >= 4 is 11.5 Å². The van der Waals surface area contributed by atoms with E-state index in [1.807, 2.05) is 0 Å². The minimum Gasteiger partial charge on any atom is -0.463 e. The Kier molecular flexibility index (Phi) is 8.18. The van der Waals surface area contributed by atoms with Crippen LogP contribution in [0.3, 0.4) is 0 Å². The molecule has 0 unspecified atom stereocenters. The zero-order chi connectivity index (χ0) is 21.3. The maximum absolute atomic E-state index is 12.3. The average molecular weight is 397 g/mol. The maximum atomic E-state index is 12.3. The minimum absolute atomic E-state index is 0.156. The van der Waals surface area contributed by atoms with Gasteiger partial charge in [0.15, 0.2) is 0 Å². The molecule has 0 spiro atoms. The molecule has 0 heterocycles. The molecule has 6 nitrogen and oxygen atoms in total. The van der Waals surface area contributed by atoms with Gasteiger partial charge in [0.05, 0.1) is 11.5 Å². The molecule has 0 amide bonds. The second-order valence-corrected chi connectivity index (χ2v) is 5.33. The first-order chi connectivity index (χ1) is 13.0. The summed E-state index contributed by atoms with van der Waals surface area (Å²) in [5.74, 6) is -1.02. The first-order valence-corrected chi connectivity index (χ1v) is 7.96. The second kappa shape index (κ2) is 10.1. The highest BCUT2D eigenvalue weighted by molar-refractivity contribution is 5.87. The summed E-state index contributed by atoms with van der Waals surface area (Å²) in [6.45, 7) is 6.90. The predicted molar refractivity (Wildman–Crippen MR) is 96.8 cm³/mol. The first-order valence-electron chi connectivity index (χ1n) is 7.96. The van der Waals surface area contributed by atoms with Crippen LogP contribution in [0.25, 0.3) is 5.57 Å². The molecule has 9 heteroatoms. The fraction of sp³-hybridized carbons (Fsp3) is 0.211. The molecule has 1 aromatic carbocycles. The highest BCUT2D eigenvalue weighted by Gasteiger charge is 2.31. The van der Waals surface area contributed by atoms with Gasteiger partial charge in [0.1, 0.15) is 5.75 Å². The van der Waals surface area contributed by atoms with Gasteiger partial charge in [-0.25, -0.2) is 4.79 Å². The number of allylic oxidation sites excluding steroid dienone is 6. The molecule has 1 rings (SSSR count). The number of rotatable bonds is 8. The van der Waals surface area contributed by atoms with Gasteiger partial charge in [0.25, 0.3) is 0 Å². The van der Waals surface area contributed by atoms with Crippen molar-refractivity contribution in [1.82, 2.24) is 0 Å². The SMILES string of the molecule is C=C(/C=C/C(=O)OCC)/C(=C\C=C(/C)[N+](=O)[O-])c1ccc(OC(F)(F)F)cc1. The molecule has 0 saturated heterocycles. The van der Waals surface area contributed by atoms with Gasteiger partial charge >= 0.3 is 12.3 Å². The van der Waals surface area contributed by atoms with Crippen LogP contribution in [0, 0.1) is 10.1 Å². The number of halogens is 3. The van der Waals surface area contributed by atoms with Gasteiger partial charge in [-0.15, -0.1) is 13.2 Å². The smallest absolute Gasteiger partial charge is 0.463 e. The molecule has 0 aliphatic rings. The van der Waals surface area contributed by atoms with Gasteiger partial charge in [-0.2, -0.15) is 0 Å². The van der Waals surface area contributed by atoms with Crippen molar-refractivity contribution in [2.45, 2.75) is 20.2 Å². The van der Waals surface area contributed by atoms with E-state index in [-0.39, 0.29) is 12.3 Å². The average Bonchev–Trinajstić information content (AvgIpc) is 2.60. The number of hydrogen-bond donors (Lipinski definition) is 0. The summed E-state index contributed by atoms with van der Waals surface area (Å²) in [6, 6.07) is 4.88. The minimum atomic E-state index is -4.82. The van der Waals surface area contributed by atoms with Gasteiger partial charge in [-0.1, -0.05) is 18.7 Å². The normalized spacial score (nSPS) is 12.8. The molecule has 0 bridgehead atoms. The van der Waals surface area contributed by atoms with E-state index in [1.54, 1.807) is 6.92 Å². The largest absolute Gasteiger partial charge is 0.573 e. The van der Waals surface area contributed by atoms with Gasteiger partial charge < -0.3 is 9.47 Å². The van der Waals surface area contributed by atoms with E-state index in [0.717, 1.165) is 18.2 Å². The van der Waals surface area contributed by atoms with Crippen LogP contribution < -0.4 is 4.74 Å². The number of ether oxygens (including phenoxy) is 2. The first kappa shape index (κ1) is 22.7. The summed E-state index contributed by atoms with van der Waals surface area (Å²) >= 11 is 0. The summed E-state index contributed by atoms with van der Waals surface area (Å²) in [5.41, 5.74) is 0.919. The van der Waals surface area contributed by atoms with Crippen molar-refractivity contribution in [2.24, 2.45) is 0 Å². The second-order valence-electron chi connectivity index (χ2n) is 5.33. The van der Waals surface area contributed by atoms with Crippen molar-refractivity contribution in [3.8, 4) is 5.75 Å². The summed E-state index contributed by atoms with van der Waals surface area (Å²) in [7, 11) is 0. The van der Waals surface area contributed by atoms with Crippen LogP contribution in [0.15, 0.2) is 66.4 Å². The molecular formula is C19H18F3NO5. The molecule has 0 N–H and O–H groups in total. The van der Waals surface area contributed by atoms with E-state index in [0.29, 0.717) is 16.7 Å². The number of benzene rings is 1. The van der Waals surface area contributed by atoms with Gasteiger partial charge in [-0.3, -0.25) is 10.1 Å². The Labute approximate surface area is 159 Å². The fourth-order valence-corrected chi connectivity index (χ4v) is 1.94. The Bertz CT molecular complexity index is 821. The lowest BCUT2D eigenvalue weighted by atomic mass is 9.97. The number of esters is 1. The van der Waals surface area contributed by atoms with Crippen molar-refractivity contribution in [2.75, 3.05) is 6.61 Å². The Balaban J connectivity index is 3.22. The van der Waals surface area contributed by atoms with Crippen LogP contribution in [-0.2, 0) is 9.53 Å². The topological polar surface area (TPSA) is 78.7 Å². The molecule has 0 saturated carbocycles.